The van der Waals surface area contributed by atoms with Crippen LogP contribution < -0.4 is 5.32 Å². The molecule has 39 heavy (non-hydrogen) atoms. The van der Waals surface area contributed by atoms with Crippen LogP contribution in [-0.4, -0.2) is 47.6 Å². The second kappa shape index (κ2) is 10.8. The molecule has 2 heterocycles. The summed E-state index contributed by atoms with van der Waals surface area (Å²) in [5, 5.41) is 13.0. The lowest BCUT2D eigenvalue weighted by atomic mass is 9.89. The van der Waals surface area contributed by atoms with Crippen LogP contribution in [0, 0.1) is 23.5 Å². The molecule has 2 aliphatic rings. The molecule has 2 aliphatic heterocycles. The Kier molecular flexibility index (Phi) is 8.05. The van der Waals surface area contributed by atoms with E-state index in [1.807, 2.05) is 6.92 Å². The van der Waals surface area contributed by atoms with Gasteiger partial charge in [0.15, 0.2) is 0 Å². The lowest BCUT2D eigenvalue weighted by Gasteiger charge is -2.36. The van der Waals surface area contributed by atoms with Crippen LogP contribution in [0.1, 0.15) is 66.7 Å². The van der Waals surface area contributed by atoms with Gasteiger partial charge in [0.05, 0.1) is 30.4 Å². The van der Waals surface area contributed by atoms with Gasteiger partial charge in [-0.05, 0) is 56.0 Å². The van der Waals surface area contributed by atoms with Gasteiger partial charge in [-0.25, -0.2) is 8.78 Å². The van der Waals surface area contributed by atoms with Gasteiger partial charge in [0.1, 0.15) is 17.7 Å². The standard InChI is InChI=1S/C28H31F5N2O4/c1-4-15-8-23(35(12-15)26(37)16-6-5-7-18(9-16)27(2,3)38)25(36)34-24(17-13-39-14-17)19-10-22(30)20(11-21(19)29)28(31,32)33/h5-7,9-11,15,17,23-24,38H,4,8,12-14H2,1-3H3,(H,34,36)/t15-,23-,24?/m1/s1. The maximum absolute atomic E-state index is 14.9. The highest BCUT2D eigenvalue weighted by molar-refractivity contribution is 5.98. The molecule has 0 spiro atoms. The number of nitrogens with one attached hydrogen (secondary N) is 1. The number of carbonyl (C=O) groups is 2. The molecule has 2 amide bonds. The molecule has 0 aliphatic carbocycles. The monoisotopic (exact) mass is 554 g/mol. The molecule has 6 nitrogen and oxygen atoms in total. The zero-order valence-electron chi connectivity index (χ0n) is 21.8. The third kappa shape index (κ3) is 6.09. The molecule has 11 heteroatoms. The Morgan fingerprint density at radius 2 is 1.82 bits per heavy atom. The molecule has 0 bridgehead atoms. The molecular weight excluding hydrogens is 523 g/mol. The number of amides is 2. The number of hydrogen-bond donors (Lipinski definition) is 2. The minimum Gasteiger partial charge on any atom is -0.386 e. The molecule has 4 rings (SSSR count). The Hall–Kier alpha value is -3.05. The van der Waals surface area contributed by atoms with Crippen molar-refractivity contribution in [2.24, 2.45) is 11.8 Å². The minimum absolute atomic E-state index is 0.00732. The first-order valence-electron chi connectivity index (χ1n) is 12.8. The number of alkyl halides is 3. The molecule has 3 atom stereocenters. The predicted molar refractivity (Wildman–Crippen MR) is 131 cm³/mol. The van der Waals surface area contributed by atoms with Crippen LogP contribution in [0.3, 0.4) is 0 Å². The van der Waals surface area contributed by atoms with Crippen molar-refractivity contribution >= 4 is 11.8 Å². The lowest BCUT2D eigenvalue weighted by molar-refractivity contribution is -0.140. The Labute approximate surface area is 223 Å². The summed E-state index contributed by atoms with van der Waals surface area (Å²) in [6.07, 6.45) is -4.06. The fourth-order valence-corrected chi connectivity index (χ4v) is 5.05. The van der Waals surface area contributed by atoms with Crippen molar-refractivity contribution < 1.29 is 41.4 Å². The van der Waals surface area contributed by atoms with Gasteiger partial charge in [0, 0.05) is 23.6 Å². The van der Waals surface area contributed by atoms with Gasteiger partial charge in [0.25, 0.3) is 5.91 Å². The fourth-order valence-electron chi connectivity index (χ4n) is 5.05. The molecule has 212 valence electrons. The molecular formula is C28H31F5N2O4. The molecule has 0 saturated carbocycles. The zero-order chi connectivity index (χ0) is 28.7. The molecule has 0 aromatic heterocycles. The van der Waals surface area contributed by atoms with E-state index in [1.165, 1.54) is 4.90 Å². The number of benzene rings is 2. The smallest absolute Gasteiger partial charge is 0.386 e. The van der Waals surface area contributed by atoms with Crippen molar-refractivity contribution in [2.45, 2.75) is 57.5 Å². The molecule has 2 fully saturated rings. The molecule has 2 aromatic carbocycles. The summed E-state index contributed by atoms with van der Waals surface area (Å²) in [6.45, 7) is 5.59. The van der Waals surface area contributed by atoms with Crippen LogP contribution in [0.2, 0.25) is 0 Å². The first kappa shape index (κ1) is 28.9. The van der Waals surface area contributed by atoms with Crippen LogP contribution in [0.5, 0.6) is 0 Å². The summed E-state index contributed by atoms with van der Waals surface area (Å²) in [4.78, 5) is 28.5. The molecule has 0 radical (unpaired) electrons. The van der Waals surface area contributed by atoms with Gasteiger partial charge in [-0.2, -0.15) is 13.2 Å². The highest BCUT2D eigenvalue weighted by Gasteiger charge is 2.43. The van der Waals surface area contributed by atoms with E-state index in [9.17, 15) is 36.6 Å². The van der Waals surface area contributed by atoms with Crippen LogP contribution >= 0.6 is 0 Å². The minimum atomic E-state index is -5.08. The van der Waals surface area contributed by atoms with E-state index in [1.54, 1.807) is 38.1 Å². The third-order valence-corrected chi connectivity index (χ3v) is 7.50. The largest absolute Gasteiger partial charge is 0.419 e. The second-order valence-corrected chi connectivity index (χ2v) is 10.8. The van der Waals surface area contributed by atoms with Crippen molar-refractivity contribution in [3.05, 3.63) is 70.3 Å². The Morgan fingerprint density at radius 1 is 1.13 bits per heavy atom. The maximum Gasteiger partial charge on any atom is 0.419 e. The average Bonchev–Trinajstić information content (AvgIpc) is 3.27. The van der Waals surface area contributed by atoms with Crippen LogP contribution in [0.25, 0.3) is 0 Å². The normalized spacial score (nSPS) is 21.0. The summed E-state index contributed by atoms with van der Waals surface area (Å²) >= 11 is 0. The van der Waals surface area contributed by atoms with Gasteiger partial charge >= 0.3 is 6.18 Å². The maximum atomic E-state index is 14.9. The Balaban J connectivity index is 1.62. The van der Waals surface area contributed by atoms with Crippen LogP contribution in [0.15, 0.2) is 36.4 Å². The summed E-state index contributed by atoms with van der Waals surface area (Å²) in [7, 11) is 0. The predicted octanol–water partition coefficient (Wildman–Crippen LogP) is 4.96. The molecule has 1 unspecified atom stereocenters. The number of hydrogen-bond acceptors (Lipinski definition) is 4. The number of likely N-dealkylation sites (tertiary alicyclic amines) is 1. The van der Waals surface area contributed by atoms with Gasteiger partial charge in [0.2, 0.25) is 5.91 Å². The number of carbonyl (C=O) groups excluding carboxylic acids is 2. The van der Waals surface area contributed by atoms with E-state index in [0.29, 0.717) is 31.0 Å². The SMILES string of the molecule is CC[C@@H]1C[C@H](C(=O)NC(c2cc(F)c(C(F)(F)F)cc2F)C2COC2)N(C(=O)c2cccc(C(C)(C)O)c2)C1. The second-order valence-electron chi connectivity index (χ2n) is 10.8. The van der Waals surface area contributed by atoms with E-state index in [-0.39, 0.29) is 30.8 Å². The van der Waals surface area contributed by atoms with Crippen molar-refractivity contribution in [2.75, 3.05) is 19.8 Å². The first-order chi connectivity index (χ1) is 18.2. The van der Waals surface area contributed by atoms with E-state index >= 15 is 0 Å². The van der Waals surface area contributed by atoms with Gasteiger partial charge in [-0.1, -0.05) is 25.5 Å². The van der Waals surface area contributed by atoms with Crippen molar-refractivity contribution in [1.82, 2.24) is 10.2 Å². The summed E-state index contributed by atoms with van der Waals surface area (Å²) in [5.74, 6) is -4.46. The van der Waals surface area contributed by atoms with Crippen molar-refractivity contribution in [1.29, 1.82) is 0 Å². The van der Waals surface area contributed by atoms with Gasteiger partial charge in [-0.15, -0.1) is 0 Å². The van der Waals surface area contributed by atoms with E-state index in [2.05, 4.69) is 5.32 Å². The fraction of sp³-hybridized carbons (Fsp3) is 0.500. The third-order valence-electron chi connectivity index (χ3n) is 7.50. The molecule has 2 N–H and O–H groups in total. The molecule has 2 aromatic rings. The zero-order valence-corrected chi connectivity index (χ0v) is 21.8. The topological polar surface area (TPSA) is 78.9 Å². The molecule has 2 saturated heterocycles. The van der Waals surface area contributed by atoms with Crippen molar-refractivity contribution in [3.63, 3.8) is 0 Å². The highest BCUT2D eigenvalue weighted by atomic mass is 19.4. The number of halogens is 5. The quantitative estimate of drug-likeness (QED) is 0.475. The van der Waals surface area contributed by atoms with Crippen LogP contribution in [-0.2, 0) is 21.3 Å². The van der Waals surface area contributed by atoms with Crippen LogP contribution in [0.4, 0.5) is 22.0 Å². The Morgan fingerprint density at radius 3 is 2.38 bits per heavy atom. The lowest BCUT2D eigenvalue weighted by Crippen LogP contribution is -2.50. The summed E-state index contributed by atoms with van der Waals surface area (Å²) < 4.78 is 73.7. The van der Waals surface area contributed by atoms with E-state index in [0.717, 1.165) is 0 Å². The summed E-state index contributed by atoms with van der Waals surface area (Å²) in [6, 6.07) is 4.94. The van der Waals surface area contributed by atoms with Gasteiger partial charge < -0.3 is 20.1 Å². The van der Waals surface area contributed by atoms with E-state index < -0.39 is 64.4 Å². The number of aliphatic hydroxyl groups is 1. The van der Waals surface area contributed by atoms with E-state index in [4.69, 9.17) is 4.74 Å². The van der Waals surface area contributed by atoms with Gasteiger partial charge in [-0.3, -0.25) is 9.59 Å². The van der Waals surface area contributed by atoms with Crippen molar-refractivity contribution in [3.8, 4) is 0 Å². The average molecular weight is 555 g/mol. The summed E-state index contributed by atoms with van der Waals surface area (Å²) in [5.41, 5.74) is -2.54. The Bertz CT molecular complexity index is 1240. The number of ether oxygens (including phenoxy) is 1. The number of rotatable bonds is 7. The highest BCUT2D eigenvalue weighted by Crippen LogP contribution is 2.37. The first-order valence-corrected chi connectivity index (χ1v) is 12.8. The number of nitrogens with zero attached hydrogens (tertiary/aromatic N) is 1.